The molecule has 2 rings (SSSR count). The summed E-state index contributed by atoms with van der Waals surface area (Å²) in [6.45, 7) is 5.34. The predicted octanol–water partition coefficient (Wildman–Crippen LogP) is 0.866. The Kier molecular flexibility index (Phi) is 2.61. The number of rotatable bonds is 2. The molecule has 1 amide bonds. The Hall–Kier alpha value is -1.52. The zero-order valence-corrected chi connectivity index (χ0v) is 9.81. The summed E-state index contributed by atoms with van der Waals surface area (Å²) in [5, 5.41) is 4.02. The normalized spacial score (nSPS) is 19.0. The lowest BCUT2D eigenvalue weighted by Crippen LogP contribution is -2.44. The number of nitrogens with zero attached hydrogens (tertiary/aromatic N) is 3. The maximum atomic E-state index is 12.1. The van der Waals surface area contributed by atoms with Gasteiger partial charge in [-0.2, -0.15) is 5.10 Å². The van der Waals surface area contributed by atoms with Crippen LogP contribution in [0.5, 0.6) is 0 Å². The number of likely N-dealkylation sites (tertiary alicyclic amines) is 1. The second-order valence-electron chi connectivity index (χ2n) is 4.93. The van der Waals surface area contributed by atoms with E-state index in [0.717, 1.165) is 19.4 Å². The average molecular weight is 222 g/mol. The number of nitrogens with two attached hydrogens (primary N) is 1. The van der Waals surface area contributed by atoms with Gasteiger partial charge in [-0.1, -0.05) is 0 Å². The summed E-state index contributed by atoms with van der Waals surface area (Å²) < 4.78 is 1.59. The van der Waals surface area contributed by atoms with Crippen molar-refractivity contribution in [3.05, 3.63) is 12.4 Å². The number of carbonyl (C=O) groups excluding carboxylic acids is 1. The van der Waals surface area contributed by atoms with Gasteiger partial charge in [0.05, 0.1) is 11.9 Å². The van der Waals surface area contributed by atoms with Gasteiger partial charge in [-0.25, -0.2) is 0 Å². The number of hydrogen-bond acceptors (Lipinski definition) is 3. The van der Waals surface area contributed by atoms with Crippen LogP contribution in [0.3, 0.4) is 0 Å². The van der Waals surface area contributed by atoms with Crippen molar-refractivity contribution in [3.63, 3.8) is 0 Å². The third-order valence-electron chi connectivity index (χ3n) is 3.15. The molecule has 0 spiro atoms. The van der Waals surface area contributed by atoms with Crippen molar-refractivity contribution in [1.82, 2.24) is 14.7 Å². The second kappa shape index (κ2) is 3.81. The molecule has 1 aliphatic rings. The molecule has 0 bridgehead atoms. The van der Waals surface area contributed by atoms with Gasteiger partial charge in [0.1, 0.15) is 6.54 Å². The van der Waals surface area contributed by atoms with Gasteiger partial charge in [-0.3, -0.25) is 9.48 Å². The minimum absolute atomic E-state index is 0.0181. The van der Waals surface area contributed by atoms with Crippen molar-refractivity contribution in [2.75, 3.05) is 12.3 Å². The molecule has 5 nitrogen and oxygen atoms in total. The van der Waals surface area contributed by atoms with Gasteiger partial charge >= 0.3 is 0 Å². The van der Waals surface area contributed by atoms with Crippen molar-refractivity contribution in [1.29, 1.82) is 0 Å². The highest BCUT2D eigenvalue weighted by molar-refractivity contribution is 5.77. The van der Waals surface area contributed by atoms with Gasteiger partial charge in [0.15, 0.2) is 0 Å². The van der Waals surface area contributed by atoms with Gasteiger partial charge in [0.2, 0.25) is 5.91 Å². The Morgan fingerprint density at radius 1 is 1.62 bits per heavy atom. The number of anilines is 1. The van der Waals surface area contributed by atoms with E-state index >= 15 is 0 Å². The first-order valence-corrected chi connectivity index (χ1v) is 5.57. The highest BCUT2D eigenvalue weighted by Gasteiger charge is 2.35. The first-order chi connectivity index (χ1) is 7.49. The minimum Gasteiger partial charge on any atom is -0.396 e. The van der Waals surface area contributed by atoms with E-state index in [1.165, 1.54) is 0 Å². The summed E-state index contributed by atoms with van der Waals surface area (Å²) >= 11 is 0. The summed E-state index contributed by atoms with van der Waals surface area (Å²) in [4.78, 5) is 14.0. The molecular formula is C11H18N4O. The highest BCUT2D eigenvalue weighted by Crippen LogP contribution is 2.28. The van der Waals surface area contributed by atoms with Crippen molar-refractivity contribution in [3.8, 4) is 0 Å². The van der Waals surface area contributed by atoms with Crippen LogP contribution < -0.4 is 5.73 Å². The standard InChI is InChI=1S/C11H18N4O/c1-11(2)4-3-5-15(11)10(16)8-14-7-9(12)6-13-14/h6-7H,3-5,8,12H2,1-2H3. The smallest absolute Gasteiger partial charge is 0.244 e. The van der Waals surface area contributed by atoms with Crippen LogP contribution in [-0.4, -0.2) is 32.7 Å². The molecule has 1 fully saturated rings. The van der Waals surface area contributed by atoms with Gasteiger partial charge in [0, 0.05) is 18.3 Å². The van der Waals surface area contributed by atoms with E-state index in [2.05, 4.69) is 18.9 Å². The SMILES string of the molecule is CC1(C)CCCN1C(=O)Cn1cc(N)cn1. The quantitative estimate of drug-likeness (QED) is 0.807. The summed E-state index contributed by atoms with van der Waals surface area (Å²) in [6, 6.07) is 0. The number of carbonyl (C=O) groups is 1. The molecule has 1 aromatic heterocycles. The molecule has 0 unspecified atom stereocenters. The number of aromatic nitrogens is 2. The minimum atomic E-state index is -0.0181. The molecule has 0 aromatic carbocycles. The molecule has 0 atom stereocenters. The average Bonchev–Trinajstić information content (AvgIpc) is 2.72. The zero-order valence-electron chi connectivity index (χ0n) is 9.81. The van der Waals surface area contributed by atoms with Crippen LogP contribution in [0.25, 0.3) is 0 Å². The molecule has 0 radical (unpaired) electrons. The Bertz CT molecular complexity index is 396. The Balaban J connectivity index is 2.03. The molecule has 2 heterocycles. The van der Waals surface area contributed by atoms with Crippen LogP contribution in [0, 0.1) is 0 Å². The molecule has 5 heteroatoms. The fourth-order valence-corrected chi connectivity index (χ4v) is 2.26. The molecule has 2 N–H and O–H groups in total. The fourth-order valence-electron chi connectivity index (χ4n) is 2.26. The Morgan fingerprint density at radius 3 is 2.88 bits per heavy atom. The third-order valence-corrected chi connectivity index (χ3v) is 3.15. The Labute approximate surface area is 95.2 Å². The monoisotopic (exact) mass is 222 g/mol. The summed E-state index contributed by atoms with van der Waals surface area (Å²) in [7, 11) is 0. The molecule has 0 aliphatic carbocycles. The maximum Gasteiger partial charge on any atom is 0.244 e. The molecule has 1 aromatic rings. The van der Waals surface area contributed by atoms with E-state index in [-0.39, 0.29) is 18.0 Å². The van der Waals surface area contributed by atoms with Crippen LogP contribution >= 0.6 is 0 Å². The van der Waals surface area contributed by atoms with Crippen molar-refractivity contribution >= 4 is 11.6 Å². The van der Waals surface area contributed by atoms with E-state index in [1.54, 1.807) is 17.1 Å². The van der Waals surface area contributed by atoms with Crippen LogP contribution in [0.1, 0.15) is 26.7 Å². The predicted molar refractivity (Wildman–Crippen MR) is 61.7 cm³/mol. The molecule has 1 saturated heterocycles. The van der Waals surface area contributed by atoms with Crippen molar-refractivity contribution in [2.24, 2.45) is 0 Å². The van der Waals surface area contributed by atoms with E-state index in [9.17, 15) is 4.79 Å². The molecule has 1 aliphatic heterocycles. The Morgan fingerprint density at radius 2 is 2.38 bits per heavy atom. The highest BCUT2D eigenvalue weighted by atomic mass is 16.2. The van der Waals surface area contributed by atoms with E-state index in [4.69, 9.17) is 5.73 Å². The first kappa shape index (κ1) is 11.0. The van der Waals surface area contributed by atoms with Gasteiger partial charge < -0.3 is 10.6 Å². The fraction of sp³-hybridized carbons (Fsp3) is 0.636. The maximum absolute atomic E-state index is 12.1. The van der Waals surface area contributed by atoms with Gasteiger partial charge in [0.25, 0.3) is 0 Å². The van der Waals surface area contributed by atoms with E-state index < -0.39 is 0 Å². The largest absolute Gasteiger partial charge is 0.396 e. The lowest BCUT2D eigenvalue weighted by molar-refractivity contribution is -0.135. The second-order valence-corrected chi connectivity index (χ2v) is 4.93. The lowest BCUT2D eigenvalue weighted by atomic mass is 10.0. The molecule has 16 heavy (non-hydrogen) atoms. The molecule has 0 saturated carbocycles. The third kappa shape index (κ3) is 2.03. The van der Waals surface area contributed by atoms with Gasteiger partial charge in [-0.05, 0) is 26.7 Å². The van der Waals surface area contributed by atoms with Crippen LogP contribution in [0.15, 0.2) is 12.4 Å². The van der Waals surface area contributed by atoms with Crippen LogP contribution in [-0.2, 0) is 11.3 Å². The summed E-state index contributed by atoms with van der Waals surface area (Å²) in [6.07, 6.45) is 5.39. The number of hydrogen-bond donors (Lipinski definition) is 1. The number of nitrogen functional groups attached to an aromatic ring is 1. The lowest BCUT2D eigenvalue weighted by Gasteiger charge is -2.31. The van der Waals surface area contributed by atoms with Crippen molar-refractivity contribution in [2.45, 2.75) is 38.8 Å². The first-order valence-electron chi connectivity index (χ1n) is 5.57. The summed E-state index contributed by atoms with van der Waals surface area (Å²) in [5.41, 5.74) is 6.13. The zero-order chi connectivity index (χ0) is 11.8. The molecule has 88 valence electrons. The topological polar surface area (TPSA) is 64.2 Å². The molecular weight excluding hydrogens is 204 g/mol. The van der Waals surface area contributed by atoms with Crippen LogP contribution in [0.2, 0.25) is 0 Å². The van der Waals surface area contributed by atoms with Crippen LogP contribution in [0.4, 0.5) is 5.69 Å². The number of amides is 1. The van der Waals surface area contributed by atoms with Crippen molar-refractivity contribution < 1.29 is 4.79 Å². The summed E-state index contributed by atoms with van der Waals surface area (Å²) in [5.74, 6) is 0.116. The van der Waals surface area contributed by atoms with E-state index in [1.807, 2.05) is 4.90 Å². The van der Waals surface area contributed by atoms with Gasteiger partial charge in [-0.15, -0.1) is 0 Å². The van der Waals surface area contributed by atoms with E-state index in [0.29, 0.717) is 5.69 Å².